The van der Waals surface area contributed by atoms with Crippen LogP contribution in [0, 0.1) is 0 Å². The van der Waals surface area contributed by atoms with Gasteiger partial charge in [0.25, 0.3) is 0 Å². The van der Waals surface area contributed by atoms with E-state index in [4.69, 9.17) is 11.6 Å². The van der Waals surface area contributed by atoms with E-state index in [-0.39, 0.29) is 6.04 Å². The van der Waals surface area contributed by atoms with E-state index in [1.54, 1.807) is 11.0 Å². The largest absolute Gasteiger partial charge is 0.294 e. The highest BCUT2D eigenvalue weighted by Crippen LogP contribution is 2.24. The zero-order chi connectivity index (χ0) is 15.5. The Morgan fingerprint density at radius 3 is 2.68 bits per heavy atom. The molecule has 3 rings (SSSR count). The molecule has 22 heavy (non-hydrogen) atoms. The summed E-state index contributed by atoms with van der Waals surface area (Å²) < 4.78 is 6.25. The van der Waals surface area contributed by atoms with Crippen molar-refractivity contribution in [2.45, 2.75) is 19.5 Å². The molecule has 0 aliphatic rings. The third-order valence-electron chi connectivity index (χ3n) is 3.63. The molecule has 1 atom stereocenters. The summed E-state index contributed by atoms with van der Waals surface area (Å²) >= 11 is 7.28. The highest BCUT2D eigenvalue weighted by Gasteiger charge is 2.15. The van der Waals surface area contributed by atoms with Gasteiger partial charge >= 0.3 is 0 Å². The quantitative estimate of drug-likeness (QED) is 0.718. The normalized spacial score (nSPS) is 12.7. The third kappa shape index (κ3) is 3.16. The monoisotopic (exact) mass is 334 g/mol. The van der Waals surface area contributed by atoms with Gasteiger partial charge in [0.1, 0.15) is 22.7 Å². The van der Waals surface area contributed by atoms with Crippen LogP contribution in [-0.4, -0.2) is 36.3 Å². The Hall–Kier alpha value is -1.83. The predicted octanol–water partition coefficient (Wildman–Crippen LogP) is 2.97. The summed E-state index contributed by atoms with van der Waals surface area (Å²) in [6.45, 7) is 2.82. The lowest BCUT2D eigenvalue weighted by Gasteiger charge is -2.24. The van der Waals surface area contributed by atoms with E-state index in [1.165, 1.54) is 23.4 Å². The summed E-state index contributed by atoms with van der Waals surface area (Å²) in [5, 5.41) is 8.18. The minimum atomic E-state index is 0.238. The van der Waals surface area contributed by atoms with Crippen LogP contribution < -0.4 is 0 Å². The molecular weight excluding hydrogens is 320 g/mol. The van der Waals surface area contributed by atoms with Crippen molar-refractivity contribution < 1.29 is 0 Å². The zero-order valence-electron chi connectivity index (χ0n) is 12.2. The third-order valence-corrected chi connectivity index (χ3v) is 4.61. The average molecular weight is 335 g/mol. The van der Waals surface area contributed by atoms with E-state index in [2.05, 4.69) is 43.6 Å². The highest BCUT2D eigenvalue weighted by atomic mass is 35.5. The standard InChI is InChI=1S/C14H15ClN6S/c1-10(20(2)7-13-14(15)22-19-18-13)11-3-5-12(6-4-11)21-9-16-8-17-21/h3-6,8-10H,7H2,1-2H3/t10-/m0/s1. The number of rotatable bonds is 5. The Bertz CT molecular complexity index is 724. The van der Waals surface area contributed by atoms with Crippen LogP contribution in [0.2, 0.25) is 4.34 Å². The number of halogens is 1. The SMILES string of the molecule is C[C@@H](c1ccc(-n2cncn2)cc1)N(C)Cc1nnsc1Cl. The Morgan fingerprint density at radius 1 is 1.32 bits per heavy atom. The summed E-state index contributed by atoms with van der Waals surface area (Å²) in [5.74, 6) is 0. The number of benzene rings is 1. The first-order valence-corrected chi connectivity index (χ1v) is 7.92. The molecule has 0 saturated heterocycles. The van der Waals surface area contributed by atoms with Crippen molar-refractivity contribution in [2.75, 3.05) is 7.05 Å². The molecule has 2 heterocycles. The second-order valence-corrected chi connectivity index (χ2v) is 6.37. The second kappa shape index (κ2) is 6.51. The van der Waals surface area contributed by atoms with Crippen LogP contribution in [0.15, 0.2) is 36.9 Å². The first-order chi connectivity index (χ1) is 10.6. The van der Waals surface area contributed by atoms with Crippen molar-refractivity contribution >= 4 is 23.1 Å². The van der Waals surface area contributed by atoms with Gasteiger partial charge in [0, 0.05) is 24.1 Å². The Kier molecular flexibility index (Phi) is 4.47. The van der Waals surface area contributed by atoms with Crippen molar-refractivity contribution in [3.8, 4) is 5.69 Å². The lowest BCUT2D eigenvalue weighted by molar-refractivity contribution is 0.250. The number of nitrogens with zero attached hydrogens (tertiary/aromatic N) is 6. The number of hydrogen-bond donors (Lipinski definition) is 0. The Morgan fingerprint density at radius 2 is 2.09 bits per heavy atom. The van der Waals surface area contributed by atoms with Gasteiger partial charge in [0.05, 0.1) is 5.69 Å². The molecule has 0 amide bonds. The molecule has 0 aliphatic heterocycles. The van der Waals surface area contributed by atoms with Crippen molar-refractivity contribution in [2.24, 2.45) is 0 Å². The molecule has 0 unspecified atom stereocenters. The predicted molar refractivity (Wildman–Crippen MR) is 86.2 cm³/mol. The van der Waals surface area contributed by atoms with E-state index in [9.17, 15) is 0 Å². The van der Waals surface area contributed by atoms with Crippen molar-refractivity contribution in [1.29, 1.82) is 0 Å². The van der Waals surface area contributed by atoms with E-state index in [1.807, 2.05) is 19.2 Å². The van der Waals surface area contributed by atoms with Crippen molar-refractivity contribution in [1.82, 2.24) is 29.3 Å². The first-order valence-electron chi connectivity index (χ1n) is 6.77. The summed E-state index contributed by atoms with van der Waals surface area (Å²) in [6, 6.07) is 8.50. The minimum Gasteiger partial charge on any atom is -0.294 e. The maximum Gasteiger partial charge on any atom is 0.138 e. The molecule has 3 aromatic rings. The van der Waals surface area contributed by atoms with Crippen LogP contribution in [0.25, 0.3) is 5.69 Å². The van der Waals surface area contributed by atoms with Crippen LogP contribution in [0.4, 0.5) is 0 Å². The maximum absolute atomic E-state index is 6.06. The summed E-state index contributed by atoms with van der Waals surface area (Å²) in [6.07, 6.45) is 3.21. The molecule has 1 aromatic carbocycles. The molecule has 0 aliphatic carbocycles. The van der Waals surface area contributed by atoms with Gasteiger partial charge in [-0.15, -0.1) is 5.10 Å². The van der Waals surface area contributed by atoms with Gasteiger partial charge in [-0.25, -0.2) is 9.67 Å². The van der Waals surface area contributed by atoms with Crippen molar-refractivity contribution in [3.63, 3.8) is 0 Å². The number of aromatic nitrogens is 5. The van der Waals surface area contributed by atoms with E-state index >= 15 is 0 Å². The van der Waals surface area contributed by atoms with E-state index < -0.39 is 0 Å². The van der Waals surface area contributed by atoms with E-state index in [0.717, 1.165) is 11.4 Å². The maximum atomic E-state index is 6.06. The molecule has 114 valence electrons. The lowest BCUT2D eigenvalue weighted by Crippen LogP contribution is -2.22. The molecule has 0 fully saturated rings. The van der Waals surface area contributed by atoms with Gasteiger partial charge in [-0.05, 0) is 31.7 Å². The van der Waals surface area contributed by atoms with Crippen LogP contribution in [0.1, 0.15) is 24.2 Å². The molecule has 0 spiro atoms. The van der Waals surface area contributed by atoms with Crippen molar-refractivity contribution in [3.05, 3.63) is 52.5 Å². The first kappa shape index (κ1) is 15.1. The zero-order valence-corrected chi connectivity index (χ0v) is 13.8. The van der Waals surface area contributed by atoms with Gasteiger partial charge in [-0.3, -0.25) is 4.90 Å². The van der Waals surface area contributed by atoms with Gasteiger partial charge < -0.3 is 0 Å². The van der Waals surface area contributed by atoms with Crippen LogP contribution in [0.5, 0.6) is 0 Å². The molecule has 0 N–H and O–H groups in total. The summed E-state index contributed by atoms with van der Waals surface area (Å²) in [5.41, 5.74) is 3.02. The molecular formula is C14H15ClN6S. The Balaban J connectivity index is 1.71. The highest BCUT2D eigenvalue weighted by molar-refractivity contribution is 7.10. The van der Waals surface area contributed by atoms with Crippen LogP contribution in [-0.2, 0) is 6.54 Å². The fourth-order valence-corrected chi connectivity index (χ4v) is 2.78. The molecule has 0 radical (unpaired) electrons. The van der Waals surface area contributed by atoms with Gasteiger partial charge in [0.2, 0.25) is 0 Å². The molecule has 6 nitrogen and oxygen atoms in total. The lowest BCUT2D eigenvalue weighted by atomic mass is 10.1. The molecule has 0 saturated carbocycles. The van der Waals surface area contributed by atoms with Crippen LogP contribution >= 0.6 is 23.1 Å². The summed E-state index contributed by atoms with van der Waals surface area (Å²) in [4.78, 5) is 6.14. The topological polar surface area (TPSA) is 59.7 Å². The van der Waals surface area contributed by atoms with Crippen LogP contribution in [0.3, 0.4) is 0 Å². The fourth-order valence-electron chi connectivity index (χ4n) is 2.17. The van der Waals surface area contributed by atoms with E-state index in [0.29, 0.717) is 10.9 Å². The van der Waals surface area contributed by atoms with Gasteiger partial charge in [0.15, 0.2) is 0 Å². The Labute approximate surface area is 137 Å². The number of hydrogen-bond acceptors (Lipinski definition) is 6. The molecule has 8 heteroatoms. The fraction of sp³-hybridized carbons (Fsp3) is 0.286. The minimum absolute atomic E-state index is 0.238. The average Bonchev–Trinajstić information content (AvgIpc) is 3.19. The van der Waals surface area contributed by atoms with Gasteiger partial charge in [-0.2, -0.15) is 5.10 Å². The smallest absolute Gasteiger partial charge is 0.138 e. The van der Waals surface area contributed by atoms with Gasteiger partial charge in [-0.1, -0.05) is 28.2 Å². The molecule has 0 bridgehead atoms. The molecule has 2 aromatic heterocycles. The summed E-state index contributed by atoms with van der Waals surface area (Å²) in [7, 11) is 2.05. The second-order valence-electron chi connectivity index (χ2n) is 5.02.